The van der Waals surface area contributed by atoms with E-state index < -0.39 is 0 Å². The average Bonchev–Trinajstić information content (AvgIpc) is 2.36. The molecule has 0 fully saturated rings. The van der Waals surface area contributed by atoms with Gasteiger partial charge in [0, 0.05) is 18.0 Å². The molecule has 0 saturated carbocycles. The van der Waals surface area contributed by atoms with Crippen molar-refractivity contribution in [2.24, 2.45) is 5.73 Å². The molecule has 0 aliphatic rings. The summed E-state index contributed by atoms with van der Waals surface area (Å²) in [6.07, 6.45) is 3.32. The smallest absolute Gasteiger partial charge is 0.116 e. The van der Waals surface area contributed by atoms with E-state index in [1.165, 1.54) is 22.3 Å². The Labute approximate surface area is 118 Å². The molecule has 1 aromatic heterocycles. The zero-order chi connectivity index (χ0) is 13.8. The molecule has 100 valence electrons. The van der Waals surface area contributed by atoms with E-state index in [0.717, 1.165) is 10.8 Å². The van der Waals surface area contributed by atoms with Crippen molar-refractivity contribution in [2.45, 2.75) is 31.8 Å². The first-order valence-electron chi connectivity index (χ1n) is 6.30. The standard InChI is InChI=1S/C15H19N3S/c1-10-6-11(2)15(12(3)7-10)13(16)8-19-14-4-5-17-9-18-14/h4-7,9,13H,8,16H2,1-3H3. The van der Waals surface area contributed by atoms with Gasteiger partial charge in [0.2, 0.25) is 0 Å². The fourth-order valence-electron chi connectivity index (χ4n) is 2.40. The summed E-state index contributed by atoms with van der Waals surface area (Å²) in [4.78, 5) is 8.11. The molecule has 19 heavy (non-hydrogen) atoms. The van der Waals surface area contributed by atoms with E-state index in [2.05, 4.69) is 42.9 Å². The maximum atomic E-state index is 6.33. The van der Waals surface area contributed by atoms with Gasteiger partial charge in [-0.05, 0) is 43.5 Å². The lowest BCUT2D eigenvalue weighted by Crippen LogP contribution is -2.16. The normalized spacial score (nSPS) is 12.4. The lowest BCUT2D eigenvalue weighted by molar-refractivity contribution is 0.811. The number of hydrogen-bond acceptors (Lipinski definition) is 4. The van der Waals surface area contributed by atoms with E-state index in [9.17, 15) is 0 Å². The molecule has 1 aromatic carbocycles. The van der Waals surface area contributed by atoms with Crippen LogP contribution >= 0.6 is 11.8 Å². The van der Waals surface area contributed by atoms with E-state index in [1.54, 1.807) is 24.3 Å². The largest absolute Gasteiger partial charge is 0.323 e. The third kappa shape index (κ3) is 3.55. The highest BCUT2D eigenvalue weighted by atomic mass is 32.2. The molecule has 4 heteroatoms. The third-order valence-electron chi connectivity index (χ3n) is 3.07. The number of hydrogen-bond donors (Lipinski definition) is 1. The Morgan fingerprint density at radius 2 is 1.89 bits per heavy atom. The minimum atomic E-state index is 0.0283. The third-order valence-corrected chi connectivity index (χ3v) is 4.14. The lowest BCUT2D eigenvalue weighted by atomic mass is 9.95. The lowest BCUT2D eigenvalue weighted by Gasteiger charge is -2.18. The molecular formula is C15H19N3S. The van der Waals surface area contributed by atoms with Gasteiger partial charge in [0.1, 0.15) is 6.33 Å². The highest BCUT2D eigenvalue weighted by molar-refractivity contribution is 7.99. The number of nitrogens with two attached hydrogens (primary N) is 1. The molecule has 3 nitrogen and oxygen atoms in total. The van der Waals surface area contributed by atoms with E-state index in [0.29, 0.717) is 0 Å². The Kier molecular flexibility index (Phi) is 4.56. The van der Waals surface area contributed by atoms with Crippen molar-refractivity contribution in [1.82, 2.24) is 9.97 Å². The predicted octanol–water partition coefficient (Wildman–Crippen LogP) is 3.19. The number of aryl methyl sites for hydroxylation is 3. The van der Waals surface area contributed by atoms with Crippen LogP contribution in [0.3, 0.4) is 0 Å². The van der Waals surface area contributed by atoms with Gasteiger partial charge in [-0.15, -0.1) is 11.8 Å². The van der Waals surface area contributed by atoms with Gasteiger partial charge in [-0.3, -0.25) is 0 Å². The highest BCUT2D eigenvalue weighted by Gasteiger charge is 2.13. The summed E-state index contributed by atoms with van der Waals surface area (Å²) < 4.78 is 0. The second-order valence-corrected chi connectivity index (χ2v) is 5.82. The number of aromatic nitrogens is 2. The van der Waals surface area contributed by atoms with Gasteiger partial charge in [-0.1, -0.05) is 17.7 Å². The summed E-state index contributed by atoms with van der Waals surface area (Å²) in [5.74, 6) is 0.821. The molecule has 1 heterocycles. The fourth-order valence-corrected chi connectivity index (χ4v) is 3.19. The van der Waals surface area contributed by atoms with E-state index in [-0.39, 0.29) is 6.04 Å². The van der Waals surface area contributed by atoms with Crippen LogP contribution in [0.1, 0.15) is 28.3 Å². The van der Waals surface area contributed by atoms with E-state index in [4.69, 9.17) is 5.73 Å². The summed E-state index contributed by atoms with van der Waals surface area (Å²) in [7, 11) is 0. The van der Waals surface area contributed by atoms with Crippen LogP contribution in [0.25, 0.3) is 0 Å². The molecule has 2 rings (SSSR count). The molecule has 1 atom stereocenters. The van der Waals surface area contributed by atoms with Crippen LogP contribution in [0.5, 0.6) is 0 Å². The molecule has 0 aliphatic heterocycles. The maximum Gasteiger partial charge on any atom is 0.116 e. The van der Waals surface area contributed by atoms with Gasteiger partial charge in [-0.25, -0.2) is 9.97 Å². The van der Waals surface area contributed by atoms with E-state index >= 15 is 0 Å². The fraction of sp³-hybridized carbons (Fsp3) is 0.333. The molecule has 0 amide bonds. The van der Waals surface area contributed by atoms with Gasteiger partial charge in [-0.2, -0.15) is 0 Å². The topological polar surface area (TPSA) is 51.8 Å². The Bertz CT molecular complexity index is 532. The Balaban J connectivity index is 2.10. The molecule has 0 spiro atoms. The van der Waals surface area contributed by atoms with E-state index in [1.807, 2.05) is 6.07 Å². The molecule has 1 unspecified atom stereocenters. The predicted molar refractivity (Wildman–Crippen MR) is 80.3 cm³/mol. The van der Waals surface area contributed by atoms with Crippen molar-refractivity contribution in [3.8, 4) is 0 Å². The van der Waals surface area contributed by atoms with Crippen molar-refractivity contribution >= 4 is 11.8 Å². The first kappa shape index (κ1) is 14.0. The number of rotatable bonds is 4. The molecule has 0 saturated heterocycles. The SMILES string of the molecule is Cc1cc(C)c(C(N)CSc2ccncn2)c(C)c1. The summed E-state index contributed by atoms with van der Waals surface area (Å²) in [5.41, 5.74) is 11.4. The van der Waals surface area contributed by atoms with Crippen LogP contribution in [0.4, 0.5) is 0 Å². The van der Waals surface area contributed by atoms with Gasteiger partial charge < -0.3 is 5.73 Å². The van der Waals surface area contributed by atoms with Crippen molar-refractivity contribution in [3.05, 3.63) is 53.0 Å². The molecule has 0 bridgehead atoms. The van der Waals surface area contributed by atoms with Crippen LogP contribution in [0.15, 0.2) is 35.7 Å². The van der Waals surface area contributed by atoms with Gasteiger partial charge in [0.25, 0.3) is 0 Å². The van der Waals surface area contributed by atoms with Crippen LogP contribution < -0.4 is 5.73 Å². The monoisotopic (exact) mass is 273 g/mol. The van der Waals surface area contributed by atoms with Crippen molar-refractivity contribution in [2.75, 3.05) is 5.75 Å². The van der Waals surface area contributed by atoms with Crippen molar-refractivity contribution in [3.63, 3.8) is 0 Å². The Morgan fingerprint density at radius 3 is 2.47 bits per heavy atom. The van der Waals surface area contributed by atoms with Crippen LogP contribution in [-0.4, -0.2) is 15.7 Å². The zero-order valence-corrected chi connectivity index (χ0v) is 12.4. The minimum Gasteiger partial charge on any atom is -0.323 e. The summed E-state index contributed by atoms with van der Waals surface area (Å²) >= 11 is 1.67. The maximum absolute atomic E-state index is 6.33. The molecular weight excluding hydrogens is 254 g/mol. The van der Waals surface area contributed by atoms with Crippen LogP contribution in [0.2, 0.25) is 0 Å². The molecule has 0 aliphatic carbocycles. The first-order valence-corrected chi connectivity index (χ1v) is 7.28. The number of benzene rings is 1. The van der Waals surface area contributed by atoms with Crippen LogP contribution in [0, 0.1) is 20.8 Å². The quantitative estimate of drug-likeness (QED) is 0.686. The van der Waals surface area contributed by atoms with Crippen molar-refractivity contribution in [1.29, 1.82) is 0 Å². The van der Waals surface area contributed by atoms with Gasteiger partial charge in [0.05, 0.1) is 5.03 Å². The number of nitrogens with zero attached hydrogens (tertiary/aromatic N) is 2. The second kappa shape index (κ2) is 6.17. The minimum absolute atomic E-state index is 0.0283. The van der Waals surface area contributed by atoms with Gasteiger partial charge >= 0.3 is 0 Å². The Hall–Kier alpha value is -1.39. The zero-order valence-electron chi connectivity index (χ0n) is 11.6. The summed E-state index contributed by atoms with van der Waals surface area (Å²) in [6, 6.07) is 6.32. The van der Waals surface area contributed by atoms with Crippen LogP contribution in [-0.2, 0) is 0 Å². The highest BCUT2D eigenvalue weighted by Crippen LogP contribution is 2.26. The Morgan fingerprint density at radius 1 is 1.21 bits per heavy atom. The second-order valence-electron chi connectivity index (χ2n) is 4.78. The summed E-state index contributed by atoms with van der Waals surface area (Å²) in [6.45, 7) is 6.38. The molecule has 2 N–H and O–H groups in total. The number of thioether (sulfide) groups is 1. The average molecular weight is 273 g/mol. The molecule has 2 aromatic rings. The summed E-state index contributed by atoms with van der Waals surface area (Å²) in [5, 5.41) is 0.966. The van der Waals surface area contributed by atoms with Crippen molar-refractivity contribution < 1.29 is 0 Å². The first-order chi connectivity index (χ1) is 9.08. The van der Waals surface area contributed by atoms with Gasteiger partial charge in [0.15, 0.2) is 0 Å². The molecule has 0 radical (unpaired) electrons.